The van der Waals surface area contributed by atoms with Gasteiger partial charge in [0, 0.05) is 6.54 Å². The van der Waals surface area contributed by atoms with E-state index in [0.29, 0.717) is 11.4 Å². The minimum absolute atomic E-state index is 0.181. The normalized spacial score (nSPS) is 11.1. The molecule has 0 spiro atoms. The highest BCUT2D eigenvalue weighted by molar-refractivity contribution is 5.82. The Morgan fingerprint density at radius 1 is 1.20 bits per heavy atom. The van der Waals surface area contributed by atoms with Gasteiger partial charge in [0.05, 0.1) is 16.6 Å². The lowest BCUT2D eigenvalue weighted by Gasteiger charge is -2.09. The maximum atomic E-state index is 13.5. The van der Waals surface area contributed by atoms with Crippen molar-refractivity contribution in [1.29, 1.82) is 0 Å². The van der Waals surface area contributed by atoms with Crippen molar-refractivity contribution in [3.8, 4) is 17.1 Å². The Balaban J connectivity index is 2.30. The van der Waals surface area contributed by atoms with Gasteiger partial charge in [-0.05, 0) is 36.8 Å². The van der Waals surface area contributed by atoms with Crippen LogP contribution in [0.1, 0.15) is 13.3 Å². The number of phenolic OH excluding ortho intramolecular Hbond substituents is 1. The van der Waals surface area contributed by atoms with Crippen LogP contribution in [0.5, 0.6) is 5.75 Å². The topological polar surface area (TPSA) is 38.0 Å². The number of imidazole rings is 1. The molecular formula is C16H15FN2O. The first-order valence-corrected chi connectivity index (χ1v) is 6.65. The molecule has 0 unspecified atom stereocenters. The summed E-state index contributed by atoms with van der Waals surface area (Å²) >= 11 is 0. The van der Waals surface area contributed by atoms with E-state index in [1.807, 2.05) is 16.7 Å². The van der Waals surface area contributed by atoms with E-state index in [0.717, 1.165) is 24.0 Å². The van der Waals surface area contributed by atoms with Gasteiger partial charge in [0.1, 0.15) is 17.4 Å². The molecule has 0 aliphatic carbocycles. The van der Waals surface area contributed by atoms with Gasteiger partial charge >= 0.3 is 0 Å². The molecule has 4 heteroatoms. The van der Waals surface area contributed by atoms with Gasteiger partial charge in [-0.15, -0.1) is 0 Å². The number of halogens is 1. The number of benzene rings is 2. The van der Waals surface area contributed by atoms with Crippen LogP contribution in [0.3, 0.4) is 0 Å². The summed E-state index contributed by atoms with van der Waals surface area (Å²) in [5, 5.41) is 10.0. The molecule has 0 radical (unpaired) electrons. The molecule has 0 saturated carbocycles. The lowest BCUT2D eigenvalue weighted by atomic mass is 10.2. The van der Waals surface area contributed by atoms with E-state index in [9.17, 15) is 9.50 Å². The van der Waals surface area contributed by atoms with Crippen LogP contribution in [-0.2, 0) is 6.54 Å². The van der Waals surface area contributed by atoms with Gasteiger partial charge < -0.3 is 9.67 Å². The molecule has 20 heavy (non-hydrogen) atoms. The molecule has 0 amide bonds. The number of fused-ring (bicyclic) bond motifs is 1. The molecule has 1 N–H and O–H groups in total. The summed E-state index contributed by atoms with van der Waals surface area (Å²) in [6, 6.07) is 11.6. The molecule has 0 saturated heterocycles. The van der Waals surface area contributed by atoms with Crippen LogP contribution in [0, 0.1) is 5.82 Å². The second kappa shape index (κ2) is 4.96. The summed E-state index contributed by atoms with van der Waals surface area (Å²) in [6.07, 6.45) is 0.905. The average Bonchev–Trinajstić information content (AvgIpc) is 2.78. The summed E-state index contributed by atoms with van der Waals surface area (Å²) < 4.78 is 15.4. The summed E-state index contributed by atoms with van der Waals surface area (Å²) in [6.45, 7) is 2.78. The SMILES string of the molecule is CCCn1c(-c2ccccc2O)nc2ccc(F)cc21. The van der Waals surface area contributed by atoms with E-state index >= 15 is 0 Å². The van der Waals surface area contributed by atoms with E-state index in [1.54, 1.807) is 18.2 Å². The molecule has 0 atom stereocenters. The first-order valence-electron chi connectivity index (χ1n) is 6.65. The Morgan fingerprint density at radius 3 is 2.75 bits per heavy atom. The molecule has 102 valence electrons. The van der Waals surface area contributed by atoms with Crippen molar-refractivity contribution in [3.05, 3.63) is 48.3 Å². The highest BCUT2D eigenvalue weighted by Crippen LogP contribution is 2.31. The third-order valence-electron chi connectivity index (χ3n) is 3.30. The first kappa shape index (κ1) is 12.7. The van der Waals surface area contributed by atoms with Crippen LogP contribution in [0.25, 0.3) is 22.4 Å². The lowest BCUT2D eigenvalue weighted by Crippen LogP contribution is -2.00. The Labute approximate surface area is 116 Å². The van der Waals surface area contributed by atoms with Crippen LogP contribution < -0.4 is 0 Å². The molecule has 3 rings (SSSR count). The molecule has 2 aromatic carbocycles. The van der Waals surface area contributed by atoms with Crippen molar-refractivity contribution in [3.63, 3.8) is 0 Å². The largest absolute Gasteiger partial charge is 0.507 e. The Bertz CT molecular complexity index is 764. The van der Waals surface area contributed by atoms with Gasteiger partial charge in [0.2, 0.25) is 0 Å². The lowest BCUT2D eigenvalue weighted by molar-refractivity contribution is 0.476. The number of aromatic hydroxyl groups is 1. The number of rotatable bonds is 3. The summed E-state index contributed by atoms with van der Waals surface area (Å²) in [7, 11) is 0. The predicted molar refractivity (Wildman–Crippen MR) is 77.1 cm³/mol. The van der Waals surface area contributed by atoms with Crippen LogP contribution >= 0.6 is 0 Å². The number of phenols is 1. The molecule has 0 aliphatic heterocycles. The predicted octanol–water partition coefficient (Wildman–Crippen LogP) is 3.96. The van der Waals surface area contributed by atoms with Crippen molar-refractivity contribution in [2.45, 2.75) is 19.9 Å². The number of nitrogens with zero attached hydrogens (tertiary/aromatic N) is 2. The molecular weight excluding hydrogens is 255 g/mol. The number of aryl methyl sites for hydroxylation is 1. The smallest absolute Gasteiger partial charge is 0.144 e. The monoisotopic (exact) mass is 270 g/mol. The van der Waals surface area contributed by atoms with Gasteiger partial charge in [-0.3, -0.25) is 0 Å². The highest BCUT2D eigenvalue weighted by atomic mass is 19.1. The fourth-order valence-corrected chi connectivity index (χ4v) is 2.41. The minimum atomic E-state index is -0.279. The second-order valence-corrected chi connectivity index (χ2v) is 4.74. The van der Waals surface area contributed by atoms with E-state index in [4.69, 9.17) is 0 Å². The molecule has 3 nitrogen and oxygen atoms in total. The maximum Gasteiger partial charge on any atom is 0.144 e. The molecule has 0 fully saturated rings. The zero-order valence-electron chi connectivity index (χ0n) is 11.2. The average molecular weight is 270 g/mol. The minimum Gasteiger partial charge on any atom is -0.507 e. The second-order valence-electron chi connectivity index (χ2n) is 4.74. The standard InChI is InChI=1S/C16H15FN2O/c1-2-9-19-14-10-11(17)7-8-13(14)18-16(19)12-5-3-4-6-15(12)20/h3-8,10,20H,2,9H2,1H3. The first-order chi connectivity index (χ1) is 9.70. The molecule has 1 heterocycles. The molecule has 3 aromatic rings. The quantitative estimate of drug-likeness (QED) is 0.782. The summed E-state index contributed by atoms with van der Waals surface area (Å²) in [5.41, 5.74) is 2.15. The maximum absolute atomic E-state index is 13.5. The van der Waals surface area contributed by atoms with E-state index in [1.165, 1.54) is 12.1 Å². The Kier molecular flexibility index (Phi) is 3.14. The number of hydrogen-bond acceptors (Lipinski definition) is 2. The third-order valence-corrected chi connectivity index (χ3v) is 3.30. The van der Waals surface area contributed by atoms with Crippen LogP contribution in [0.15, 0.2) is 42.5 Å². The number of aromatic nitrogens is 2. The van der Waals surface area contributed by atoms with Crippen LogP contribution in [0.4, 0.5) is 4.39 Å². The number of para-hydroxylation sites is 1. The summed E-state index contributed by atoms with van der Waals surface area (Å²) in [4.78, 5) is 4.54. The molecule has 0 aliphatic rings. The van der Waals surface area contributed by atoms with Crippen molar-refractivity contribution in [1.82, 2.24) is 9.55 Å². The van der Waals surface area contributed by atoms with Gasteiger partial charge in [0.15, 0.2) is 0 Å². The van der Waals surface area contributed by atoms with Crippen molar-refractivity contribution >= 4 is 11.0 Å². The highest BCUT2D eigenvalue weighted by Gasteiger charge is 2.15. The van der Waals surface area contributed by atoms with Gasteiger partial charge in [0.25, 0.3) is 0 Å². The van der Waals surface area contributed by atoms with Crippen molar-refractivity contribution < 1.29 is 9.50 Å². The fourth-order valence-electron chi connectivity index (χ4n) is 2.41. The van der Waals surface area contributed by atoms with E-state index in [2.05, 4.69) is 11.9 Å². The molecule has 1 aromatic heterocycles. The van der Waals surface area contributed by atoms with Crippen LogP contribution in [-0.4, -0.2) is 14.7 Å². The summed E-state index contributed by atoms with van der Waals surface area (Å²) in [5.74, 6) is 0.574. The Morgan fingerprint density at radius 2 is 2.00 bits per heavy atom. The van der Waals surface area contributed by atoms with Crippen molar-refractivity contribution in [2.24, 2.45) is 0 Å². The van der Waals surface area contributed by atoms with E-state index in [-0.39, 0.29) is 11.6 Å². The van der Waals surface area contributed by atoms with Gasteiger partial charge in [-0.25, -0.2) is 9.37 Å². The fraction of sp³-hybridized carbons (Fsp3) is 0.188. The molecule has 0 bridgehead atoms. The van der Waals surface area contributed by atoms with E-state index < -0.39 is 0 Å². The number of hydrogen-bond donors (Lipinski definition) is 1. The van der Waals surface area contributed by atoms with Gasteiger partial charge in [-0.1, -0.05) is 19.1 Å². The Hall–Kier alpha value is -2.36. The van der Waals surface area contributed by atoms with Gasteiger partial charge in [-0.2, -0.15) is 0 Å². The van der Waals surface area contributed by atoms with Crippen LogP contribution in [0.2, 0.25) is 0 Å². The third kappa shape index (κ3) is 2.03. The zero-order chi connectivity index (χ0) is 14.1. The zero-order valence-corrected chi connectivity index (χ0v) is 11.2. The van der Waals surface area contributed by atoms with Crippen molar-refractivity contribution in [2.75, 3.05) is 0 Å².